The molecule has 0 aliphatic heterocycles. The summed E-state index contributed by atoms with van der Waals surface area (Å²) < 4.78 is 56.7. The number of hydrogen-bond donors (Lipinski definition) is 0. The third kappa shape index (κ3) is 14.1. The van der Waals surface area contributed by atoms with E-state index >= 15 is 0 Å². The summed E-state index contributed by atoms with van der Waals surface area (Å²) in [6, 6.07) is 39.6. The standard InChI is InChI=1S/C27H24O6P2.2C9H12O.C2H6/c1-19-7-4-5-10-26(19)32-34(28)30-24-15-11-22(12-16-24)23-13-17-25(18-14-23)31-35(29)33-27-20(2)8-6-9-21(27)3;2*1-7-5-4-6-8(2)9(7)10-3;1-2/h4-18H,1-3H3;2*4-6H,1-3H3;1-2H3/q+2;;;. The van der Waals surface area contributed by atoms with Gasteiger partial charge in [-0.2, -0.15) is 0 Å². The fourth-order valence-corrected chi connectivity index (χ4v) is 7.09. The second-order valence-corrected chi connectivity index (χ2v) is 14.3. The molecule has 0 radical (unpaired) electrons. The summed E-state index contributed by atoms with van der Waals surface area (Å²) in [4.78, 5) is 0. The molecule has 298 valence electrons. The van der Waals surface area contributed by atoms with Gasteiger partial charge in [0.25, 0.3) is 0 Å². The van der Waals surface area contributed by atoms with E-state index in [0.29, 0.717) is 23.0 Å². The molecule has 10 heteroatoms. The summed E-state index contributed by atoms with van der Waals surface area (Å²) in [7, 11) is -1.32. The molecule has 6 aromatic carbocycles. The van der Waals surface area contributed by atoms with Gasteiger partial charge in [-0.05, 0) is 129 Å². The average Bonchev–Trinajstić information content (AvgIpc) is 3.19. The first-order valence-corrected chi connectivity index (χ1v) is 20.8. The Morgan fingerprint density at radius 1 is 0.351 bits per heavy atom. The van der Waals surface area contributed by atoms with Crippen LogP contribution in [0.4, 0.5) is 0 Å². The molecule has 0 fully saturated rings. The van der Waals surface area contributed by atoms with E-state index in [9.17, 15) is 9.13 Å². The molecule has 0 saturated carbocycles. The van der Waals surface area contributed by atoms with Gasteiger partial charge in [0.1, 0.15) is 11.5 Å². The SMILES string of the molecule is CC.COc1c(C)cccc1C.COc1c(C)cccc1C.Cc1ccccc1O[P+](=O)Oc1ccc(-c2ccc(O[P+](=O)Oc3c(C)cccc3C)cc2)cc1. The predicted molar refractivity (Wildman–Crippen MR) is 233 cm³/mol. The monoisotopic (exact) mass is 808 g/mol. The van der Waals surface area contributed by atoms with Gasteiger partial charge in [0, 0.05) is 9.13 Å². The summed E-state index contributed by atoms with van der Waals surface area (Å²) in [5, 5.41) is 0. The average molecular weight is 809 g/mol. The Morgan fingerprint density at radius 3 is 1.00 bits per heavy atom. The lowest BCUT2D eigenvalue weighted by Crippen LogP contribution is -1.93. The maximum atomic E-state index is 12.4. The Labute approximate surface area is 340 Å². The van der Waals surface area contributed by atoms with Crippen LogP contribution < -0.4 is 27.6 Å². The Morgan fingerprint density at radius 2 is 0.667 bits per heavy atom. The summed E-state index contributed by atoms with van der Waals surface area (Å²) >= 11 is 0. The summed E-state index contributed by atoms with van der Waals surface area (Å²) in [5.74, 6) is 3.97. The van der Waals surface area contributed by atoms with Gasteiger partial charge in [-0.3, -0.25) is 0 Å². The van der Waals surface area contributed by atoms with Gasteiger partial charge in [0.15, 0.2) is 23.0 Å². The van der Waals surface area contributed by atoms with Crippen molar-refractivity contribution >= 4 is 16.5 Å². The van der Waals surface area contributed by atoms with Gasteiger partial charge in [-0.1, -0.05) is 111 Å². The first-order chi connectivity index (χ1) is 27.4. The van der Waals surface area contributed by atoms with Crippen molar-refractivity contribution in [2.24, 2.45) is 0 Å². The Hall–Kier alpha value is -5.68. The second kappa shape index (κ2) is 23.4. The molecule has 2 unspecified atom stereocenters. The van der Waals surface area contributed by atoms with Crippen molar-refractivity contribution in [3.05, 3.63) is 166 Å². The summed E-state index contributed by atoms with van der Waals surface area (Å²) in [6.45, 7) is 17.9. The van der Waals surface area contributed by atoms with E-state index in [1.165, 1.54) is 22.3 Å². The maximum absolute atomic E-state index is 12.4. The number of hydrogen-bond acceptors (Lipinski definition) is 8. The Bertz CT molecular complexity index is 2090. The molecule has 0 bridgehead atoms. The van der Waals surface area contributed by atoms with Crippen LogP contribution >= 0.6 is 16.5 Å². The molecule has 0 amide bonds. The van der Waals surface area contributed by atoms with Crippen molar-refractivity contribution in [2.45, 2.75) is 62.3 Å². The van der Waals surface area contributed by atoms with Crippen molar-refractivity contribution in [3.8, 4) is 45.6 Å². The largest absolute Gasteiger partial charge is 0.805 e. The highest BCUT2D eigenvalue weighted by atomic mass is 31.1. The molecule has 0 aliphatic rings. The zero-order chi connectivity index (χ0) is 41.9. The minimum Gasteiger partial charge on any atom is -0.496 e. The van der Waals surface area contributed by atoms with Crippen LogP contribution in [0.5, 0.6) is 34.5 Å². The number of aryl methyl sites for hydroxylation is 7. The molecular formula is C47H54O8P2+2. The van der Waals surface area contributed by atoms with Gasteiger partial charge >= 0.3 is 16.5 Å². The maximum Gasteiger partial charge on any atom is 0.805 e. The topological polar surface area (TPSA) is 89.5 Å². The molecule has 8 nitrogen and oxygen atoms in total. The zero-order valence-corrected chi connectivity index (χ0v) is 36.6. The quantitative estimate of drug-likeness (QED) is 0.120. The molecule has 57 heavy (non-hydrogen) atoms. The summed E-state index contributed by atoms with van der Waals surface area (Å²) in [6.07, 6.45) is 0. The van der Waals surface area contributed by atoms with Crippen LogP contribution in [0.1, 0.15) is 52.8 Å². The first kappa shape index (κ1) is 45.7. The van der Waals surface area contributed by atoms with Gasteiger partial charge in [0.05, 0.1) is 14.2 Å². The van der Waals surface area contributed by atoms with Crippen LogP contribution in [0.25, 0.3) is 11.1 Å². The minimum absolute atomic E-state index is 0.434. The molecule has 0 saturated heterocycles. The molecule has 6 rings (SSSR count). The number of rotatable bonds is 11. The van der Waals surface area contributed by atoms with Gasteiger partial charge < -0.3 is 9.47 Å². The molecule has 0 aliphatic carbocycles. The van der Waals surface area contributed by atoms with Gasteiger partial charge in [-0.25, -0.2) is 18.1 Å². The second-order valence-electron chi connectivity index (χ2n) is 12.7. The van der Waals surface area contributed by atoms with E-state index in [-0.39, 0.29) is 0 Å². The highest BCUT2D eigenvalue weighted by molar-refractivity contribution is 7.34. The zero-order valence-electron chi connectivity index (χ0n) is 34.8. The summed E-state index contributed by atoms with van der Waals surface area (Å²) in [5.41, 5.74) is 9.31. The highest BCUT2D eigenvalue weighted by Crippen LogP contribution is 2.36. The lowest BCUT2D eigenvalue weighted by atomic mass is 10.1. The molecule has 0 spiro atoms. The van der Waals surface area contributed by atoms with Crippen molar-refractivity contribution < 1.29 is 36.7 Å². The molecule has 0 heterocycles. The molecule has 6 aromatic rings. The van der Waals surface area contributed by atoms with E-state index in [1.807, 2.05) is 159 Å². The van der Waals surface area contributed by atoms with Crippen LogP contribution in [-0.4, -0.2) is 14.2 Å². The van der Waals surface area contributed by atoms with Crippen molar-refractivity contribution in [2.75, 3.05) is 14.2 Å². The Balaban J connectivity index is 0.000000320. The van der Waals surface area contributed by atoms with Crippen LogP contribution in [0.15, 0.2) is 127 Å². The lowest BCUT2D eigenvalue weighted by molar-refractivity contribution is 0.408. The third-order valence-electron chi connectivity index (χ3n) is 8.47. The number of para-hydroxylation sites is 4. The molecular weight excluding hydrogens is 754 g/mol. The number of ether oxygens (including phenoxy) is 2. The highest BCUT2D eigenvalue weighted by Gasteiger charge is 2.27. The van der Waals surface area contributed by atoms with Crippen LogP contribution in [0.3, 0.4) is 0 Å². The van der Waals surface area contributed by atoms with Crippen LogP contribution in [0.2, 0.25) is 0 Å². The van der Waals surface area contributed by atoms with E-state index in [0.717, 1.165) is 39.3 Å². The first-order valence-electron chi connectivity index (χ1n) is 18.6. The normalized spacial score (nSPS) is 10.4. The smallest absolute Gasteiger partial charge is 0.496 e. The van der Waals surface area contributed by atoms with Crippen LogP contribution in [-0.2, 0) is 9.13 Å². The van der Waals surface area contributed by atoms with E-state index in [2.05, 4.69) is 0 Å². The number of benzene rings is 6. The van der Waals surface area contributed by atoms with Crippen LogP contribution in [0, 0.1) is 48.5 Å². The van der Waals surface area contributed by atoms with E-state index < -0.39 is 16.5 Å². The molecule has 0 N–H and O–H groups in total. The minimum atomic E-state index is -2.37. The lowest BCUT2D eigenvalue weighted by Gasteiger charge is -2.06. The fraction of sp³-hybridized carbons (Fsp3) is 0.234. The number of methoxy groups -OCH3 is 2. The third-order valence-corrected chi connectivity index (χ3v) is 9.87. The van der Waals surface area contributed by atoms with Gasteiger partial charge in [0.2, 0.25) is 0 Å². The van der Waals surface area contributed by atoms with Crippen molar-refractivity contribution in [1.82, 2.24) is 0 Å². The van der Waals surface area contributed by atoms with E-state index in [4.69, 9.17) is 27.6 Å². The van der Waals surface area contributed by atoms with Crippen molar-refractivity contribution in [1.29, 1.82) is 0 Å². The molecule has 0 aromatic heterocycles. The predicted octanol–water partition coefficient (Wildman–Crippen LogP) is 14.2. The van der Waals surface area contributed by atoms with Crippen molar-refractivity contribution in [3.63, 3.8) is 0 Å². The molecule has 2 atom stereocenters. The Kier molecular flexibility index (Phi) is 18.8. The fourth-order valence-electron chi connectivity index (χ4n) is 5.63. The van der Waals surface area contributed by atoms with Gasteiger partial charge in [-0.15, -0.1) is 0 Å². The van der Waals surface area contributed by atoms with E-state index in [1.54, 1.807) is 44.6 Å².